The first-order chi connectivity index (χ1) is 12.6. The fraction of sp³-hybridized carbons (Fsp3) is 0.250. The van der Waals surface area contributed by atoms with Gasteiger partial charge in [-0.05, 0) is 37.1 Å². The van der Waals surface area contributed by atoms with E-state index in [2.05, 4.69) is 9.97 Å². The van der Waals surface area contributed by atoms with Crippen molar-refractivity contribution in [2.75, 3.05) is 13.1 Å². The maximum absolute atomic E-state index is 13.9. The van der Waals surface area contributed by atoms with Gasteiger partial charge in [-0.15, -0.1) is 0 Å². The number of carbonyl (C=O) groups excluding carboxylic acids is 1. The summed E-state index contributed by atoms with van der Waals surface area (Å²) in [7, 11) is 0. The first-order valence-corrected chi connectivity index (χ1v) is 8.65. The molecule has 1 amide bonds. The minimum atomic E-state index is -0.509. The van der Waals surface area contributed by atoms with Crippen molar-refractivity contribution in [3.05, 3.63) is 76.1 Å². The van der Waals surface area contributed by atoms with Crippen LogP contribution in [-0.4, -0.2) is 33.9 Å². The molecule has 4 rings (SSSR count). The second-order valence-corrected chi connectivity index (χ2v) is 6.57. The van der Waals surface area contributed by atoms with Gasteiger partial charge in [0.05, 0.1) is 5.56 Å². The maximum Gasteiger partial charge on any atom is 0.274 e. The monoisotopic (exact) mass is 351 g/mol. The lowest BCUT2D eigenvalue weighted by atomic mass is 9.93. The van der Waals surface area contributed by atoms with E-state index < -0.39 is 5.82 Å². The molecule has 1 aliphatic heterocycles. The SMILES string of the molecule is O=C(c1ccccc1F)N1CCC[C@@H](c2cc3cccnc3c(=O)[nH]2)C1. The van der Waals surface area contributed by atoms with Crippen LogP contribution in [0.4, 0.5) is 4.39 Å². The van der Waals surface area contributed by atoms with Crippen molar-refractivity contribution in [2.45, 2.75) is 18.8 Å². The molecule has 0 aliphatic carbocycles. The quantitative estimate of drug-likeness (QED) is 0.772. The highest BCUT2D eigenvalue weighted by Crippen LogP contribution is 2.27. The van der Waals surface area contributed by atoms with Gasteiger partial charge in [0, 0.05) is 36.3 Å². The standard InChI is InChI=1S/C20H18FN3O2/c21-16-8-2-1-7-15(16)20(26)24-10-4-6-14(12-24)17-11-13-5-3-9-22-18(13)19(25)23-17/h1-3,5,7-9,11,14H,4,6,10,12H2,(H,23,25)/t14-/m1/s1. The molecule has 132 valence electrons. The Hall–Kier alpha value is -3.02. The van der Waals surface area contributed by atoms with Crippen LogP contribution in [-0.2, 0) is 0 Å². The molecule has 3 aromatic rings. The van der Waals surface area contributed by atoms with Crippen LogP contribution in [0.25, 0.3) is 10.9 Å². The average molecular weight is 351 g/mol. The van der Waals surface area contributed by atoms with Gasteiger partial charge in [-0.25, -0.2) is 4.39 Å². The molecular weight excluding hydrogens is 333 g/mol. The highest BCUT2D eigenvalue weighted by atomic mass is 19.1. The fourth-order valence-electron chi connectivity index (χ4n) is 3.56. The normalized spacial score (nSPS) is 17.4. The van der Waals surface area contributed by atoms with E-state index in [1.165, 1.54) is 12.1 Å². The lowest BCUT2D eigenvalue weighted by Gasteiger charge is -2.33. The van der Waals surface area contributed by atoms with Crippen LogP contribution in [0.1, 0.15) is 34.8 Å². The summed E-state index contributed by atoms with van der Waals surface area (Å²) in [5.74, 6) is -0.806. The van der Waals surface area contributed by atoms with Crippen LogP contribution in [0.3, 0.4) is 0 Å². The van der Waals surface area contributed by atoms with Crippen molar-refractivity contribution in [2.24, 2.45) is 0 Å². The van der Waals surface area contributed by atoms with E-state index in [1.807, 2.05) is 12.1 Å². The van der Waals surface area contributed by atoms with Crippen LogP contribution < -0.4 is 5.56 Å². The number of aromatic amines is 1. The first kappa shape index (κ1) is 16.4. The molecule has 1 aromatic carbocycles. The predicted octanol–water partition coefficient (Wildman–Crippen LogP) is 3.08. The number of likely N-dealkylation sites (tertiary alicyclic amines) is 1. The van der Waals surface area contributed by atoms with Crippen LogP contribution in [0.15, 0.2) is 53.5 Å². The Morgan fingerprint density at radius 2 is 2.08 bits per heavy atom. The zero-order valence-corrected chi connectivity index (χ0v) is 14.1. The second-order valence-electron chi connectivity index (χ2n) is 6.57. The molecule has 0 saturated carbocycles. The number of H-pyrrole nitrogens is 1. The van der Waals surface area contributed by atoms with Crippen LogP contribution in [0, 0.1) is 5.82 Å². The molecule has 26 heavy (non-hydrogen) atoms. The van der Waals surface area contributed by atoms with Gasteiger partial charge in [-0.1, -0.05) is 18.2 Å². The summed E-state index contributed by atoms with van der Waals surface area (Å²) >= 11 is 0. The van der Waals surface area contributed by atoms with Crippen LogP contribution in [0.5, 0.6) is 0 Å². The molecule has 1 atom stereocenters. The third kappa shape index (κ3) is 2.98. The minimum absolute atomic E-state index is 0.0109. The topological polar surface area (TPSA) is 66.1 Å². The largest absolute Gasteiger partial charge is 0.338 e. The highest BCUT2D eigenvalue weighted by molar-refractivity contribution is 5.94. The molecule has 2 aromatic heterocycles. The predicted molar refractivity (Wildman–Crippen MR) is 96.6 cm³/mol. The van der Waals surface area contributed by atoms with Gasteiger partial charge in [0.1, 0.15) is 11.3 Å². The molecule has 0 bridgehead atoms. The summed E-state index contributed by atoms with van der Waals surface area (Å²) in [6.07, 6.45) is 3.26. The third-order valence-corrected chi connectivity index (χ3v) is 4.88. The molecule has 1 aliphatic rings. The number of amides is 1. The Labute approximate surface area is 149 Å². The number of nitrogens with one attached hydrogen (secondary N) is 1. The zero-order chi connectivity index (χ0) is 18.1. The van der Waals surface area contributed by atoms with Crippen molar-refractivity contribution in [3.63, 3.8) is 0 Å². The molecule has 1 N–H and O–H groups in total. The van der Waals surface area contributed by atoms with E-state index in [0.717, 1.165) is 23.9 Å². The molecule has 0 radical (unpaired) electrons. The molecular formula is C20H18FN3O2. The molecule has 1 saturated heterocycles. The van der Waals surface area contributed by atoms with Gasteiger partial charge in [0.15, 0.2) is 0 Å². The summed E-state index contributed by atoms with van der Waals surface area (Å²) in [6, 6.07) is 11.6. The van der Waals surface area contributed by atoms with Crippen LogP contribution in [0.2, 0.25) is 0 Å². The van der Waals surface area contributed by atoms with Crippen molar-refractivity contribution < 1.29 is 9.18 Å². The Balaban J connectivity index is 1.62. The van der Waals surface area contributed by atoms with E-state index >= 15 is 0 Å². The summed E-state index contributed by atoms with van der Waals surface area (Å²) in [5, 5.41) is 0.781. The van der Waals surface area contributed by atoms with Gasteiger partial charge >= 0.3 is 0 Å². The molecule has 1 fully saturated rings. The number of rotatable bonds is 2. The Morgan fingerprint density at radius 1 is 1.23 bits per heavy atom. The highest BCUT2D eigenvalue weighted by Gasteiger charge is 2.27. The van der Waals surface area contributed by atoms with E-state index in [1.54, 1.807) is 29.3 Å². The Kier molecular flexibility index (Phi) is 4.24. The van der Waals surface area contributed by atoms with Crippen molar-refractivity contribution >= 4 is 16.8 Å². The number of hydrogen-bond acceptors (Lipinski definition) is 3. The van der Waals surface area contributed by atoms with E-state index in [4.69, 9.17) is 0 Å². The van der Waals surface area contributed by atoms with E-state index in [0.29, 0.717) is 18.6 Å². The smallest absolute Gasteiger partial charge is 0.274 e. The molecule has 3 heterocycles. The average Bonchev–Trinajstić information content (AvgIpc) is 2.68. The van der Waals surface area contributed by atoms with Crippen molar-refractivity contribution in [1.82, 2.24) is 14.9 Å². The zero-order valence-electron chi connectivity index (χ0n) is 14.1. The van der Waals surface area contributed by atoms with Crippen molar-refractivity contribution in [1.29, 1.82) is 0 Å². The number of benzene rings is 1. The van der Waals surface area contributed by atoms with Gasteiger partial charge < -0.3 is 9.88 Å². The van der Waals surface area contributed by atoms with E-state index in [9.17, 15) is 14.0 Å². The number of pyridine rings is 2. The summed E-state index contributed by atoms with van der Waals surface area (Å²) in [5.41, 5.74) is 1.06. The molecule has 0 spiro atoms. The third-order valence-electron chi connectivity index (χ3n) is 4.88. The van der Waals surface area contributed by atoms with Gasteiger partial charge in [0.2, 0.25) is 0 Å². The number of fused-ring (bicyclic) bond motifs is 1. The number of hydrogen-bond donors (Lipinski definition) is 1. The minimum Gasteiger partial charge on any atom is -0.338 e. The lowest BCUT2D eigenvalue weighted by molar-refractivity contribution is 0.0701. The van der Waals surface area contributed by atoms with Gasteiger partial charge in [-0.2, -0.15) is 0 Å². The first-order valence-electron chi connectivity index (χ1n) is 8.65. The summed E-state index contributed by atoms with van der Waals surface area (Å²) in [6.45, 7) is 1.04. The van der Waals surface area contributed by atoms with E-state index in [-0.39, 0.29) is 22.9 Å². The Morgan fingerprint density at radius 3 is 2.92 bits per heavy atom. The van der Waals surface area contributed by atoms with Gasteiger partial charge in [-0.3, -0.25) is 14.6 Å². The summed E-state index contributed by atoms with van der Waals surface area (Å²) < 4.78 is 13.9. The maximum atomic E-state index is 13.9. The molecule has 6 heteroatoms. The molecule has 5 nitrogen and oxygen atoms in total. The van der Waals surface area contributed by atoms with Crippen molar-refractivity contribution in [3.8, 4) is 0 Å². The second kappa shape index (κ2) is 6.71. The number of halogens is 1. The Bertz CT molecular complexity index is 1030. The molecule has 0 unspecified atom stereocenters. The number of piperidine rings is 1. The number of aromatic nitrogens is 2. The van der Waals surface area contributed by atoms with Gasteiger partial charge in [0.25, 0.3) is 11.5 Å². The lowest BCUT2D eigenvalue weighted by Crippen LogP contribution is -2.40. The number of carbonyl (C=O) groups is 1. The summed E-state index contributed by atoms with van der Waals surface area (Å²) in [4.78, 5) is 33.6. The van der Waals surface area contributed by atoms with Crippen LogP contribution >= 0.6 is 0 Å². The fourth-order valence-corrected chi connectivity index (χ4v) is 3.56. The number of nitrogens with zero attached hydrogens (tertiary/aromatic N) is 2.